The molecule has 0 bridgehead atoms. The smallest absolute Gasteiger partial charge is 0.404 e. The van der Waals surface area contributed by atoms with Crippen molar-refractivity contribution in [3.8, 4) is 11.8 Å². The molecule has 3 aromatic rings. The van der Waals surface area contributed by atoms with Gasteiger partial charge in [0.1, 0.15) is 6.07 Å². The van der Waals surface area contributed by atoms with E-state index in [0.717, 1.165) is 42.7 Å². The minimum atomic E-state index is -1.02. The summed E-state index contributed by atoms with van der Waals surface area (Å²) in [4.78, 5) is 16.9. The van der Waals surface area contributed by atoms with Crippen LogP contribution in [0.1, 0.15) is 31.4 Å². The highest BCUT2D eigenvalue weighted by Crippen LogP contribution is 2.27. The zero-order valence-corrected chi connectivity index (χ0v) is 16.7. The number of benzene rings is 1. The van der Waals surface area contributed by atoms with Gasteiger partial charge in [0.25, 0.3) is 0 Å². The van der Waals surface area contributed by atoms with Crippen molar-refractivity contribution in [1.82, 2.24) is 25.3 Å². The molecule has 1 saturated carbocycles. The van der Waals surface area contributed by atoms with Gasteiger partial charge in [-0.25, -0.2) is 9.78 Å². The highest BCUT2D eigenvalue weighted by Gasteiger charge is 2.26. The number of aromatic nitrogens is 4. The third-order valence-electron chi connectivity index (χ3n) is 5.20. The standard InChI is InChI=1S/C21H22N8O2/c22-12-20-19(26-14-4-3-5-16(10-14)29-24-8-9-25-29)11-15(13-23-20)27-17-6-1-2-7-18(17)28-21(30)31/h3-5,8-11,13,17-18,26-28H,1-2,6-7H2,(H,30,31). The van der Waals surface area contributed by atoms with Crippen LogP contribution in [-0.2, 0) is 0 Å². The van der Waals surface area contributed by atoms with Crippen LogP contribution in [0.2, 0.25) is 0 Å². The Kier molecular flexibility index (Phi) is 5.93. The highest BCUT2D eigenvalue weighted by atomic mass is 16.4. The van der Waals surface area contributed by atoms with Crippen LogP contribution in [0.5, 0.6) is 0 Å². The average Bonchev–Trinajstić information content (AvgIpc) is 3.30. The first kappa shape index (κ1) is 20.2. The number of hydrogen-bond donors (Lipinski definition) is 4. The summed E-state index contributed by atoms with van der Waals surface area (Å²) in [5.74, 6) is 0. The summed E-state index contributed by atoms with van der Waals surface area (Å²) in [7, 11) is 0. The highest BCUT2D eigenvalue weighted by molar-refractivity contribution is 5.70. The van der Waals surface area contributed by atoms with Crippen LogP contribution in [0, 0.1) is 11.3 Å². The van der Waals surface area contributed by atoms with Crippen LogP contribution in [-0.4, -0.2) is 43.3 Å². The predicted molar refractivity (Wildman–Crippen MR) is 114 cm³/mol. The van der Waals surface area contributed by atoms with Gasteiger partial charge in [0.2, 0.25) is 0 Å². The fourth-order valence-corrected chi connectivity index (χ4v) is 3.79. The fourth-order valence-electron chi connectivity index (χ4n) is 3.79. The molecule has 10 heteroatoms. The van der Waals surface area contributed by atoms with Crippen LogP contribution >= 0.6 is 0 Å². The molecule has 1 aliphatic rings. The molecule has 2 heterocycles. The summed E-state index contributed by atoms with van der Waals surface area (Å²) in [5.41, 5.74) is 3.07. The number of nitrogens with one attached hydrogen (secondary N) is 3. The van der Waals surface area contributed by atoms with E-state index < -0.39 is 6.09 Å². The second kappa shape index (κ2) is 9.13. The molecule has 1 aromatic carbocycles. The second-order valence-electron chi connectivity index (χ2n) is 7.32. The number of hydrogen-bond acceptors (Lipinski definition) is 7. The maximum atomic E-state index is 11.1. The Labute approximate surface area is 178 Å². The lowest BCUT2D eigenvalue weighted by Crippen LogP contribution is -2.48. The lowest BCUT2D eigenvalue weighted by molar-refractivity contribution is 0.184. The Morgan fingerprint density at radius 3 is 2.65 bits per heavy atom. The SMILES string of the molecule is N#Cc1ncc(NC2CCCCC2NC(=O)O)cc1Nc1cccc(-n2nccn2)c1. The molecule has 4 rings (SSSR count). The molecule has 10 nitrogen and oxygen atoms in total. The molecule has 1 fully saturated rings. The van der Waals surface area contributed by atoms with Crippen LogP contribution in [0.3, 0.4) is 0 Å². The number of carboxylic acid groups (broad SMARTS) is 1. The molecule has 158 valence electrons. The van der Waals surface area contributed by atoms with E-state index in [2.05, 4.69) is 37.2 Å². The van der Waals surface area contributed by atoms with Gasteiger partial charge in [0.05, 0.1) is 41.7 Å². The summed E-state index contributed by atoms with van der Waals surface area (Å²) >= 11 is 0. The molecule has 4 N–H and O–H groups in total. The van der Waals surface area contributed by atoms with E-state index >= 15 is 0 Å². The zero-order valence-electron chi connectivity index (χ0n) is 16.7. The molecular formula is C21H22N8O2. The van der Waals surface area contributed by atoms with E-state index in [4.69, 9.17) is 5.11 Å². The summed E-state index contributed by atoms with van der Waals surface area (Å²) in [6.45, 7) is 0. The van der Waals surface area contributed by atoms with Crippen LogP contribution < -0.4 is 16.0 Å². The summed E-state index contributed by atoms with van der Waals surface area (Å²) < 4.78 is 0. The Morgan fingerprint density at radius 1 is 1.13 bits per heavy atom. The summed E-state index contributed by atoms with van der Waals surface area (Å²) in [6.07, 6.45) is 7.43. The van der Waals surface area contributed by atoms with Crippen LogP contribution in [0.4, 0.5) is 21.9 Å². The van der Waals surface area contributed by atoms with E-state index in [-0.39, 0.29) is 17.8 Å². The zero-order chi connectivity index (χ0) is 21.6. The first-order chi connectivity index (χ1) is 15.1. The molecule has 0 aliphatic heterocycles. The third-order valence-corrected chi connectivity index (χ3v) is 5.20. The minimum Gasteiger partial charge on any atom is -0.465 e. The maximum absolute atomic E-state index is 11.1. The number of pyridine rings is 1. The Morgan fingerprint density at radius 2 is 1.90 bits per heavy atom. The van der Waals surface area contributed by atoms with Gasteiger partial charge in [-0.2, -0.15) is 20.3 Å². The molecular weight excluding hydrogens is 396 g/mol. The van der Waals surface area contributed by atoms with Crippen molar-refractivity contribution in [2.45, 2.75) is 37.8 Å². The van der Waals surface area contributed by atoms with Crippen LogP contribution in [0.25, 0.3) is 5.69 Å². The normalized spacial score (nSPS) is 18.0. The molecule has 1 aliphatic carbocycles. The summed E-state index contributed by atoms with van der Waals surface area (Å²) in [5, 5.41) is 36.1. The molecule has 2 unspecified atom stereocenters. The van der Waals surface area contributed by atoms with Crippen molar-refractivity contribution in [1.29, 1.82) is 5.26 Å². The van der Waals surface area contributed by atoms with Gasteiger partial charge in [-0.3, -0.25) is 0 Å². The Balaban J connectivity index is 1.55. The molecule has 31 heavy (non-hydrogen) atoms. The topological polar surface area (TPSA) is 141 Å². The average molecular weight is 418 g/mol. The van der Waals surface area contributed by atoms with Crippen molar-refractivity contribution in [3.63, 3.8) is 0 Å². The van der Waals surface area contributed by atoms with Crippen molar-refractivity contribution >= 4 is 23.2 Å². The van der Waals surface area contributed by atoms with Crippen molar-refractivity contribution < 1.29 is 9.90 Å². The van der Waals surface area contributed by atoms with Gasteiger partial charge >= 0.3 is 6.09 Å². The molecule has 0 saturated heterocycles. The van der Waals surface area contributed by atoms with E-state index in [1.165, 1.54) is 4.80 Å². The monoisotopic (exact) mass is 418 g/mol. The molecule has 1 amide bonds. The molecule has 2 aromatic heterocycles. The number of amides is 1. The first-order valence-corrected chi connectivity index (χ1v) is 10.0. The van der Waals surface area contributed by atoms with E-state index in [1.807, 2.05) is 30.3 Å². The van der Waals surface area contributed by atoms with Gasteiger partial charge in [0.15, 0.2) is 5.69 Å². The number of anilines is 3. The summed E-state index contributed by atoms with van der Waals surface area (Å²) in [6, 6.07) is 11.2. The number of carbonyl (C=O) groups is 1. The van der Waals surface area contributed by atoms with Crippen LogP contribution in [0.15, 0.2) is 48.9 Å². The predicted octanol–water partition coefficient (Wildman–Crippen LogP) is 3.27. The largest absolute Gasteiger partial charge is 0.465 e. The number of nitriles is 1. The Bertz CT molecular complexity index is 1090. The van der Waals surface area contributed by atoms with E-state index in [0.29, 0.717) is 5.69 Å². The van der Waals surface area contributed by atoms with Gasteiger partial charge < -0.3 is 21.1 Å². The lowest BCUT2D eigenvalue weighted by Gasteiger charge is -2.32. The van der Waals surface area contributed by atoms with E-state index in [9.17, 15) is 10.1 Å². The van der Waals surface area contributed by atoms with Gasteiger partial charge in [0, 0.05) is 11.7 Å². The molecule has 0 spiro atoms. The fraction of sp³-hybridized carbons (Fsp3) is 0.286. The maximum Gasteiger partial charge on any atom is 0.404 e. The van der Waals surface area contributed by atoms with Crippen molar-refractivity contribution in [2.24, 2.45) is 0 Å². The van der Waals surface area contributed by atoms with E-state index in [1.54, 1.807) is 18.6 Å². The third kappa shape index (κ3) is 4.90. The van der Waals surface area contributed by atoms with Gasteiger partial charge in [-0.1, -0.05) is 18.9 Å². The second-order valence-corrected chi connectivity index (χ2v) is 7.32. The number of rotatable bonds is 6. The van der Waals surface area contributed by atoms with Crippen molar-refractivity contribution in [2.75, 3.05) is 10.6 Å². The minimum absolute atomic E-state index is 0.0401. The lowest BCUT2D eigenvalue weighted by atomic mass is 9.90. The van der Waals surface area contributed by atoms with Gasteiger partial charge in [-0.15, -0.1) is 0 Å². The number of nitrogens with zero attached hydrogens (tertiary/aromatic N) is 5. The Hall–Kier alpha value is -4.13. The molecule has 2 atom stereocenters. The first-order valence-electron chi connectivity index (χ1n) is 10.0. The molecule has 0 radical (unpaired) electrons. The van der Waals surface area contributed by atoms with Crippen molar-refractivity contribution in [3.05, 3.63) is 54.6 Å². The van der Waals surface area contributed by atoms with Gasteiger partial charge in [-0.05, 0) is 37.1 Å². The quantitative estimate of drug-likeness (QED) is 0.478.